The summed E-state index contributed by atoms with van der Waals surface area (Å²) in [6, 6.07) is 16.4. The summed E-state index contributed by atoms with van der Waals surface area (Å²) in [5.74, 6) is 0.200. The number of aromatic hydroxyl groups is 1. The Labute approximate surface area is 258 Å². The van der Waals surface area contributed by atoms with E-state index < -0.39 is 17.6 Å². The zero-order valence-corrected chi connectivity index (χ0v) is 25.7. The molecule has 0 aliphatic carbocycles. The number of aromatic nitrogens is 2. The Hall–Kier alpha value is -4.22. The van der Waals surface area contributed by atoms with E-state index in [2.05, 4.69) is 37.4 Å². The van der Waals surface area contributed by atoms with Crippen LogP contribution in [0.3, 0.4) is 0 Å². The van der Waals surface area contributed by atoms with E-state index in [0.717, 1.165) is 43.0 Å². The van der Waals surface area contributed by atoms with E-state index in [9.17, 15) is 19.8 Å². The van der Waals surface area contributed by atoms with E-state index in [4.69, 9.17) is 5.73 Å². The van der Waals surface area contributed by atoms with Crippen LogP contribution in [0.2, 0.25) is 0 Å². The molecule has 0 unspecified atom stereocenters. The molecule has 3 aromatic rings. The molecule has 5 rings (SSSR count). The predicted molar refractivity (Wildman–Crippen MR) is 171 cm³/mol. The van der Waals surface area contributed by atoms with Gasteiger partial charge in [-0.05, 0) is 47.7 Å². The number of β-amino-alcohol motifs (C(OH)–C–C–N with tert-alkyl or cyclic N) is 1. The number of carbonyl (C=O) groups is 2. The Morgan fingerprint density at radius 2 is 1.70 bits per heavy atom. The summed E-state index contributed by atoms with van der Waals surface area (Å²) in [6.07, 6.45) is 0.403. The van der Waals surface area contributed by atoms with Crippen LogP contribution in [0, 0.1) is 5.41 Å². The molecule has 0 spiro atoms. The van der Waals surface area contributed by atoms with Gasteiger partial charge in [0.2, 0.25) is 11.8 Å². The molecule has 2 aliphatic rings. The number of benzene rings is 2. The number of aliphatic hydroxyl groups is 1. The highest BCUT2D eigenvalue weighted by Crippen LogP contribution is 2.33. The number of phenols is 1. The number of para-hydroxylation sites is 1. The van der Waals surface area contributed by atoms with Gasteiger partial charge >= 0.3 is 0 Å². The van der Waals surface area contributed by atoms with Crippen molar-refractivity contribution < 1.29 is 19.8 Å². The molecule has 2 atom stereocenters. The van der Waals surface area contributed by atoms with Crippen molar-refractivity contribution in [2.75, 3.05) is 56.4 Å². The molecule has 234 valence electrons. The van der Waals surface area contributed by atoms with Gasteiger partial charge in [0.25, 0.3) is 0 Å². The second kappa shape index (κ2) is 13.2. The Kier molecular flexibility index (Phi) is 9.36. The first-order chi connectivity index (χ1) is 21.0. The van der Waals surface area contributed by atoms with Crippen molar-refractivity contribution in [1.29, 1.82) is 0 Å². The van der Waals surface area contributed by atoms with Crippen LogP contribution in [0.25, 0.3) is 22.4 Å². The van der Waals surface area contributed by atoms with Gasteiger partial charge in [-0.2, -0.15) is 0 Å². The van der Waals surface area contributed by atoms with Gasteiger partial charge in [0.05, 0.1) is 11.8 Å². The van der Waals surface area contributed by atoms with Crippen LogP contribution in [-0.2, 0) is 9.59 Å². The van der Waals surface area contributed by atoms with Crippen molar-refractivity contribution in [3.63, 3.8) is 0 Å². The van der Waals surface area contributed by atoms with Gasteiger partial charge in [-0.3, -0.25) is 14.5 Å². The predicted octanol–water partition coefficient (Wildman–Crippen LogP) is 2.73. The van der Waals surface area contributed by atoms with E-state index in [1.807, 2.05) is 45.0 Å². The monoisotopic (exact) mass is 601 g/mol. The van der Waals surface area contributed by atoms with E-state index in [1.165, 1.54) is 0 Å². The Morgan fingerprint density at radius 3 is 2.34 bits per heavy atom. The standard InChI is InChI=1S/C33H43N7O4/c1-33(2,3)30(32(44)40-15-12-24(41)21-40)35-29(43)13-14-38-16-18-39(19-17-38)23-10-8-22(9-11-23)26-20-27(36-37-31(26)34)25-6-4-5-7-28(25)42/h4-11,20,24,30,41-42H,12-19,21H2,1-3H3,(H2,34,37)(H,35,43)/t24-,30-/m1/s1. The fraction of sp³-hybridized carbons (Fsp3) is 0.455. The lowest BCUT2D eigenvalue weighted by molar-refractivity contribution is -0.139. The lowest BCUT2D eigenvalue weighted by Gasteiger charge is -2.36. The zero-order valence-electron chi connectivity index (χ0n) is 25.7. The maximum Gasteiger partial charge on any atom is 0.245 e. The number of nitrogens with one attached hydrogen (secondary N) is 1. The molecule has 11 heteroatoms. The Balaban J connectivity index is 1.13. The first-order valence-corrected chi connectivity index (χ1v) is 15.2. The SMILES string of the molecule is CC(C)(C)[C@H](NC(=O)CCN1CCN(c2ccc(-c3cc(-c4ccccc4O)nnc3N)cc2)CC1)C(=O)N1CC[C@@H](O)C1. The number of piperazine rings is 1. The third-order valence-corrected chi connectivity index (χ3v) is 8.47. The fourth-order valence-corrected chi connectivity index (χ4v) is 5.80. The highest BCUT2D eigenvalue weighted by Gasteiger charge is 2.37. The number of anilines is 2. The van der Waals surface area contributed by atoms with Crippen LogP contribution in [0.4, 0.5) is 11.5 Å². The number of likely N-dealkylation sites (tertiary alicyclic amines) is 1. The van der Waals surface area contributed by atoms with Crippen molar-refractivity contribution >= 4 is 23.3 Å². The third kappa shape index (κ3) is 7.28. The van der Waals surface area contributed by atoms with Gasteiger partial charge in [-0.15, -0.1) is 10.2 Å². The van der Waals surface area contributed by atoms with Gasteiger partial charge in [-0.25, -0.2) is 0 Å². The molecule has 2 saturated heterocycles. The van der Waals surface area contributed by atoms with Gasteiger partial charge in [0.1, 0.15) is 11.8 Å². The first kappa shape index (κ1) is 31.2. The second-order valence-electron chi connectivity index (χ2n) is 12.8. The lowest BCUT2D eigenvalue weighted by Crippen LogP contribution is -2.55. The second-order valence-corrected chi connectivity index (χ2v) is 12.8. The van der Waals surface area contributed by atoms with E-state index in [0.29, 0.717) is 49.6 Å². The summed E-state index contributed by atoms with van der Waals surface area (Å²) in [7, 11) is 0. The number of rotatable bonds is 8. The number of amides is 2. The van der Waals surface area contributed by atoms with Gasteiger partial charge in [0, 0.05) is 69.0 Å². The normalized spacial score (nSPS) is 18.3. The molecule has 2 aromatic carbocycles. The molecule has 11 nitrogen and oxygen atoms in total. The molecule has 2 amide bonds. The van der Waals surface area contributed by atoms with Crippen molar-refractivity contribution in [2.45, 2.75) is 45.8 Å². The minimum Gasteiger partial charge on any atom is -0.507 e. The lowest BCUT2D eigenvalue weighted by atomic mass is 9.85. The quantitative estimate of drug-likeness (QED) is 0.306. The summed E-state index contributed by atoms with van der Waals surface area (Å²) in [5.41, 5.74) is 9.65. The molecule has 0 bridgehead atoms. The Morgan fingerprint density at radius 1 is 1.00 bits per heavy atom. The van der Waals surface area contributed by atoms with Crippen molar-refractivity contribution in [3.05, 3.63) is 54.6 Å². The summed E-state index contributed by atoms with van der Waals surface area (Å²) in [6.45, 7) is 10.6. The minimum absolute atomic E-state index is 0.124. The van der Waals surface area contributed by atoms with Crippen LogP contribution < -0.4 is 16.0 Å². The van der Waals surface area contributed by atoms with Crippen LogP contribution >= 0.6 is 0 Å². The van der Waals surface area contributed by atoms with Crippen LogP contribution in [0.1, 0.15) is 33.6 Å². The molecule has 0 radical (unpaired) electrons. The molecular formula is C33H43N7O4. The average Bonchev–Trinajstić information content (AvgIpc) is 3.45. The number of carbonyl (C=O) groups excluding carboxylic acids is 2. The molecule has 1 aromatic heterocycles. The largest absolute Gasteiger partial charge is 0.507 e. The topological polar surface area (TPSA) is 148 Å². The smallest absolute Gasteiger partial charge is 0.245 e. The molecule has 0 saturated carbocycles. The first-order valence-electron chi connectivity index (χ1n) is 15.2. The van der Waals surface area contributed by atoms with Gasteiger partial charge < -0.3 is 31.1 Å². The van der Waals surface area contributed by atoms with Crippen molar-refractivity contribution in [2.24, 2.45) is 5.41 Å². The van der Waals surface area contributed by atoms with Crippen LogP contribution in [0.5, 0.6) is 5.75 Å². The summed E-state index contributed by atoms with van der Waals surface area (Å²) < 4.78 is 0. The van der Waals surface area contributed by atoms with Crippen LogP contribution in [-0.4, -0.2) is 100.0 Å². The number of nitrogens with two attached hydrogens (primary N) is 1. The maximum absolute atomic E-state index is 13.1. The average molecular weight is 602 g/mol. The Bertz CT molecular complexity index is 1470. The molecule has 5 N–H and O–H groups in total. The number of nitrogen functional groups attached to an aromatic ring is 1. The molecule has 2 fully saturated rings. The maximum atomic E-state index is 13.1. The molecule has 2 aliphatic heterocycles. The fourth-order valence-electron chi connectivity index (χ4n) is 5.80. The van der Waals surface area contributed by atoms with Gasteiger partial charge in [-0.1, -0.05) is 45.0 Å². The van der Waals surface area contributed by atoms with Crippen molar-refractivity contribution in [3.8, 4) is 28.1 Å². The number of hydrogen-bond acceptors (Lipinski definition) is 9. The summed E-state index contributed by atoms with van der Waals surface area (Å²) in [4.78, 5) is 32.3. The zero-order chi connectivity index (χ0) is 31.4. The highest BCUT2D eigenvalue weighted by atomic mass is 16.3. The highest BCUT2D eigenvalue weighted by molar-refractivity contribution is 5.88. The minimum atomic E-state index is -0.629. The number of hydrogen-bond donors (Lipinski definition) is 4. The van der Waals surface area contributed by atoms with E-state index in [-0.39, 0.29) is 17.6 Å². The van der Waals surface area contributed by atoms with Gasteiger partial charge in [0.15, 0.2) is 5.82 Å². The number of phenolic OH excluding ortho intramolecular Hbond substituents is 1. The third-order valence-electron chi connectivity index (χ3n) is 8.47. The molecule has 3 heterocycles. The van der Waals surface area contributed by atoms with E-state index in [1.54, 1.807) is 23.1 Å². The number of aliphatic hydroxyl groups excluding tert-OH is 1. The van der Waals surface area contributed by atoms with Crippen LogP contribution in [0.15, 0.2) is 54.6 Å². The number of nitrogens with zero attached hydrogens (tertiary/aromatic N) is 5. The summed E-state index contributed by atoms with van der Waals surface area (Å²) in [5, 5.41) is 31.4. The summed E-state index contributed by atoms with van der Waals surface area (Å²) >= 11 is 0. The van der Waals surface area contributed by atoms with Crippen molar-refractivity contribution in [1.82, 2.24) is 25.3 Å². The molecule has 44 heavy (non-hydrogen) atoms. The van der Waals surface area contributed by atoms with E-state index >= 15 is 0 Å². The molecular weight excluding hydrogens is 558 g/mol.